The molecule has 2 fully saturated rings. The van der Waals surface area contributed by atoms with Gasteiger partial charge >= 0.3 is 0 Å². The van der Waals surface area contributed by atoms with E-state index in [4.69, 9.17) is 5.73 Å². The largest absolute Gasteiger partial charge is 0.370 e. The van der Waals surface area contributed by atoms with Crippen molar-refractivity contribution in [3.63, 3.8) is 0 Å². The van der Waals surface area contributed by atoms with Gasteiger partial charge in [-0.15, -0.1) is 0 Å². The van der Waals surface area contributed by atoms with Gasteiger partial charge in [-0.3, -0.25) is 0 Å². The SMILES string of the molecule is CC1CCCN(C(N)=NCc2ccnc(N3CCN(C)CC3)c2)C1. The molecule has 1 aromatic heterocycles. The molecule has 2 saturated heterocycles. The van der Waals surface area contributed by atoms with Crippen molar-refractivity contribution in [2.75, 3.05) is 51.2 Å². The van der Waals surface area contributed by atoms with Crippen molar-refractivity contribution in [3.05, 3.63) is 23.9 Å². The second-order valence-electron chi connectivity index (χ2n) is 7.18. The first-order chi connectivity index (χ1) is 11.6. The zero-order valence-corrected chi connectivity index (χ0v) is 15.0. The van der Waals surface area contributed by atoms with E-state index < -0.39 is 0 Å². The summed E-state index contributed by atoms with van der Waals surface area (Å²) >= 11 is 0. The number of nitrogens with two attached hydrogens (primary N) is 1. The van der Waals surface area contributed by atoms with Crippen LogP contribution < -0.4 is 10.6 Å². The molecule has 0 spiro atoms. The van der Waals surface area contributed by atoms with Crippen LogP contribution in [0.4, 0.5) is 5.82 Å². The van der Waals surface area contributed by atoms with Crippen LogP contribution in [0.15, 0.2) is 23.3 Å². The van der Waals surface area contributed by atoms with Gasteiger partial charge < -0.3 is 20.4 Å². The number of guanidine groups is 1. The highest BCUT2D eigenvalue weighted by molar-refractivity contribution is 5.78. The Labute approximate surface area is 145 Å². The minimum absolute atomic E-state index is 0.625. The minimum Gasteiger partial charge on any atom is -0.370 e. The average Bonchev–Trinajstić information content (AvgIpc) is 2.60. The number of hydrogen-bond acceptors (Lipinski definition) is 4. The summed E-state index contributed by atoms with van der Waals surface area (Å²) in [7, 11) is 2.17. The quantitative estimate of drug-likeness (QED) is 0.670. The first-order valence-corrected chi connectivity index (χ1v) is 9.05. The van der Waals surface area contributed by atoms with Crippen molar-refractivity contribution >= 4 is 11.8 Å². The highest BCUT2D eigenvalue weighted by Gasteiger charge is 2.18. The lowest BCUT2D eigenvalue weighted by atomic mass is 10.0. The van der Waals surface area contributed by atoms with E-state index in [-0.39, 0.29) is 0 Å². The Morgan fingerprint density at radius 1 is 1.29 bits per heavy atom. The van der Waals surface area contributed by atoms with Crippen LogP contribution in [0.2, 0.25) is 0 Å². The zero-order chi connectivity index (χ0) is 16.9. The number of rotatable bonds is 3. The lowest BCUT2D eigenvalue weighted by Gasteiger charge is -2.33. The van der Waals surface area contributed by atoms with Gasteiger partial charge in [0.05, 0.1) is 6.54 Å². The van der Waals surface area contributed by atoms with E-state index >= 15 is 0 Å². The van der Waals surface area contributed by atoms with Crippen LogP contribution >= 0.6 is 0 Å². The molecule has 132 valence electrons. The van der Waals surface area contributed by atoms with Crippen molar-refractivity contribution in [1.29, 1.82) is 0 Å². The number of hydrogen-bond donors (Lipinski definition) is 1. The molecular formula is C18H30N6. The first-order valence-electron chi connectivity index (χ1n) is 9.05. The third kappa shape index (κ3) is 4.38. The fraction of sp³-hybridized carbons (Fsp3) is 0.667. The van der Waals surface area contributed by atoms with Gasteiger partial charge in [0.1, 0.15) is 5.82 Å². The Kier molecular flexibility index (Phi) is 5.56. The summed E-state index contributed by atoms with van der Waals surface area (Å²) in [6.07, 6.45) is 4.39. The summed E-state index contributed by atoms with van der Waals surface area (Å²) in [5.74, 6) is 2.44. The maximum absolute atomic E-state index is 6.20. The molecular weight excluding hydrogens is 300 g/mol. The Balaban J connectivity index is 1.61. The molecule has 24 heavy (non-hydrogen) atoms. The van der Waals surface area contributed by atoms with Crippen LogP contribution in [0.1, 0.15) is 25.3 Å². The summed E-state index contributed by atoms with van der Waals surface area (Å²) in [6.45, 7) is 9.20. The molecule has 6 heteroatoms. The van der Waals surface area contributed by atoms with Gasteiger partial charge in [-0.25, -0.2) is 9.98 Å². The molecule has 1 unspecified atom stereocenters. The Morgan fingerprint density at radius 3 is 2.83 bits per heavy atom. The van der Waals surface area contributed by atoms with Crippen molar-refractivity contribution in [2.24, 2.45) is 16.6 Å². The summed E-state index contributed by atoms with van der Waals surface area (Å²) in [6, 6.07) is 4.19. The van der Waals surface area contributed by atoms with Crippen LogP contribution in [-0.2, 0) is 6.54 Å². The molecule has 0 aliphatic carbocycles. The molecule has 2 aliphatic heterocycles. The molecule has 1 atom stereocenters. The standard InChI is InChI=1S/C18H30N6/c1-15-4-3-7-24(14-15)18(19)21-13-16-5-6-20-17(12-16)23-10-8-22(2)9-11-23/h5-6,12,15H,3-4,7-11,13-14H2,1-2H3,(H2,19,21). The van der Waals surface area contributed by atoms with E-state index in [0.29, 0.717) is 18.4 Å². The summed E-state index contributed by atoms with van der Waals surface area (Å²) in [5, 5.41) is 0. The Bertz CT molecular complexity index is 564. The van der Waals surface area contributed by atoms with Crippen molar-refractivity contribution in [1.82, 2.24) is 14.8 Å². The molecule has 3 rings (SSSR count). The number of anilines is 1. The van der Waals surface area contributed by atoms with Crippen LogP contribution in [0.5, 0.6) is 0 Å². The fourth-order valence-electron chi connectivity index (χ4n) is 3.44. The number of nitrogens with zero attached hydrogens (tertiary/aromatic N) is 5. The maximum atomic E-state index is 6.20. The molecule has 2 N–H and O–H groups in total. The molecule has 0 bridgehead atoms. The van der Waals surface area contributed by atoms with Gasteiger partial charge in [-0.2, -0.15) is 0 Å². The number of likely N-dealkylation sites (tertiary alicyclic amines) is 1. The molecule has 6 nitrogen and oxygen atoms in total. The van der Waals surface area contributed by atoms with E-state index in [9.17, 15) is 0 Å². The summed E-state index contributed by atoms with van der Waals surface area (Å²) in [4.78, 5) is 16.1. The molecule has 1 aromatic rings. The van der Waals surface area contributed by atoms with E-state index in [0.717, 1.165) is 45.1 Å². The number of pyridine rings is 1. The van der Waals surface area contributed by atoms with Crippen LogP contribution in [0.25, 0.3) is 0 Å². The van der Waals surface area contributed by atoms with Gasteiger partial charge in [0, 0.05) is 45.5 Å². The van der Waals surface area contributed by atoms with Crippen molar-refractivity contribution in [2.45, 2.75) is 26.3 Å². The predicted molar refractivity (Wildman–Crippen MR) is 99.2 cm³/mol. The number of aliphatic imine (C=N–C) groups is 1. The number of aromatic nitrogens is 1. The molecule has 0 aromatic carbocycles. The van der Waals surface area contributed by atoms with E-state index in [1.165, 1.54) is 18.4 Å². The van der Waals surface area contributed by atoms with Crippen molar-refractivity contribution < 1.29 is 0 Å². The third-order valence-electron chi connectivity index (χ3n) is 5.04. The molecule has 0 saturated carbocycles. The third-order valence-corrected chi connectivity index (χ3v) is 5.04. The lowest BCUT2D eigenvalue weighted by Crippen LogP contribution is -2.44. The average molecular weight is 330 g/mol. The van der Waals surface area contributed by atoms with E-state index in [2.05, 4.69) is 44.7 Å². The topological polar surface area (TPSA) is 61.0 Å². The van der Waals surface area contributed by atoms with E-state index in [1.54, 1.807) is 0 Å². The van der Waals surface area contributed by atoms with E-state index in [1.807, 2.05) is 12.3 Å². The van der Waals surface area contributed by atoms with Gasteiger partial charge in [0.2, 0.25) is 0 Å². The maximum Gasteiger partial charge on any atom is 0.191 e. The second kappa shape index (κ2) is 7.83. The lowest BCUT2D eigenvalue weighted by molar-refractivity contribution is 0.270. The van der Waals surface area contributed by atoms with Gasteiger partial charge in [0.15, 0.2) is 5.96 Å². The predicted octanol–water partition coefficient (Wildman–Crippen LogP) is 1.38. The minimum atomic E-state index is 0.625. The smallest absolute Gasteiger partial charge is 0.191 e. The molecule has 3 heterocycles. The zero-order valence-electron chi connectivity index (χ0n) is 15.0. The van der Waals surface area contributed by atoms with Crippen LogP contribution in [0.3, 0.4) is 0 Å². The normalized spacial score (nSPS) is 23.6. The Morgan fingerprint density at radius 2 is 2.08 bits per heavy atom. The van der Waals surface area contributed by atoms with Crippen LogP contribution in [-0.4, -0.2) is 67.1 Å². The molecule has 0 radical (unpaired) electrons. The first kappa shape index (κ1) is 17.0. The number of piperazine rings is 1. The fourth-order valence-corrected chi connectivity index (χ4v) is 3.44. The molecule has 0 amide bonds. The molecule has 2 aliphatic rings. The Hall–Kier alpha value is -1.82. The number of piperidine rings is 1. The van der Waals surface area contributed by atoms with Crippen LogP contribution in [0, 0.1) is 5.92 Å². The summed E-state index contributed by atoms with van der Waals surface area (Å²) < 4.78 is 0. The second-order valence-corrected chi connectivity index (χ2v) is 7.18. The monoisotopic (exact) mass is 330 g/mol. The van der Waals surface area contributed by atoms with Gasteiger partial charge in [0.25, 0.3) is 0 Å². The van der Waals surface area contributed by atoms with Gasteiger partial charge in [-0.1, -0.05) is 6.92 Å². The van der Waals surface area contributed by atoms with Gasteiger partial charge in [-0.05, 0) is 43.5 Å². The number of likely N-dealkylation sites (N-methyl/N-ethyl adjacent to an activating group) is 1. The van der Waals surface area contributed by atoms with Crippen molar-refractivity contribution in [3.8, 4) is 0 Å². The highest BCUT2D eigenvalue weighted by atomic mass is 15.3. The highest BCUT2D eigenvalue weighted by Crippen LogP contribution is 2.17. The summed E-state index contributed by atoms with van der Waals surface area (Å²) in [5.41, 5.74) is 7.37.